The topological polar surface area (TPSA) is 45.2 Å². The van der Waals surface area contributed by atoms with Gasteiger partial charge in [-0.1, -0.05) is 0 Å². The third-order valence-corrected chi connectivity index (χ3v) is 6.40. The Kier molecular flexibility index (Phi) is 4.29. The van der Waals surface area contributed by atoms with Gasteiger partial charge in [-0.05, 0) is 50.9 Å². The van der Waals surface area contributed by atoms with E-state index < -0.39 is 11.6 Å². The summed E-state index contributed by atoms with van der Waals surface area (Å²) in [4.78, 5) is 19.6. The number of carbonyl (C=O) groups excluding carboxylic acids is 1. The largest absolute Gasteiger partial charge is 0.347 e. The molecule has 0 spiro atoms. The highest BCUT2D eigenvalue weighted by molar-refractivity contribution is 7.16. The molecule has 2 aromatic rings. The number of nitrogens with zero attached hydrogens (tertiary/aromatic N) is 2. The average molecular weight is 363 g/mol. The SMILES string of the molecule is CC1C(NC(=O)c2cnc(-c3ccc(F)cc3F)s2)C2CCN1CC2. The minimum Gasteiger partial charge on any atom is -0.347 e. The number of benzene rings is 1. The van der Waals surface area contributed by atoms with Gasteiger partial charge in [-0.15, -0.1) is 11.3 Å². The number of hydrogen-bond acceptors (Lipinski definition) is 4. The molecule has 4 heterocycles. The number of piperidine rings is 3. The third-order valence-electron chi connectivity index (χ3n) is 5.37. The zero-order valence-corrected chi connectivity index (χ0v) is 14.7. The van der Waals surface area contributed by atoms with Crippen LogP contribution in [0.3, 0.4) is 0 Å². The van der Waals surface area contributed by atoms with Crippen LogP contribution >= 0.6 is 11.3 Å². The molecule has 3 aliphatic heterocycles. The molecule has 25 heavy (non-hydrogen) atoms. The van der Waals surface area contributed by atoms with E-state index in [4.69, 9.17) is 0 Å². The second kappa shape index (κ2) is 6.46. The molecule has 132 valence electrons. The lowest BCUT2D eigenvalue weighted by Gasteiger charge is -2.49. The van der Waals surface area contributed by atoms with Crippen LogP contribution in [-0.2, 0) is 0 Å². The van der Waals surface area contributed by atoms with Gasteiger partial charge in [-0.3, -0.25) is 9.69 Å². The van der Waals surface area contributed by atoms with Gasteiger partial charge in [0, 0.05) is 23.7 Å². The van der Waals surface area contributed by atoms with Crippen molar-refractivity contribution >= 4 is 17.2 Å². The Balaban J connectivity index is 1.51. The van der Waals surface area contributed by atoms with Crippen molar-refractivity contribution in [3.05, 3.63) is 40.9 Å². The Labute approximate surface area is 148 Å². The molecule has 5 rings (SSSR count). The van der Waals surface area contributed by atoms with Crippen molar-refractivity contribution in [2.24, 2.45) is 5.92 Å². The van der Waals surface area contributed by atoms with Gasteiger partial charge in [0.1, 0.15) is 21.5 Å². The fraction of sp³-hybridized carbons (Fsp3) is 0.444. The number of halogens is 2. The summed E-state index contributed by atoms with van der Waals surface area (Å²) in [5.74, 6) is -0.956. The van der Waals surface area contributed by atoms with Crippen LogP contribution in [0.5, 0.6) is 0 Å². The minimum absolute atomic E-state index is 0.142. The van der Waals surface area contributed by atoms with E-state index in [0.717, 1.165) is 43.3 Å². The lowest BCUT2D eigenvalue weighted by atomic mass is 9.79. The molecule has 4 nitrogen and oxygen atoms in total. The number of rotatable bonds is 3. The first-order chi connectivity index (χ1) is 12.0. The van der Waals surface area contributed by atoms with Crippen LogP contribution in [0.2, 0.25) is 0 Å². The molecule has 2 bridgehead atoms. The van der Waals surface area contributed by atoms with E-state index in [1.165, 1.54) is 18.3 Å². The van der Waals surface area contributed by atoms with E-state index in [1.807, 2.05) is 0 Å². The summed E-state index contributed by atoms with van der Waals surface area (Å²) in [6, 6.07) is 3.84. The molecule has 0 radical (unpaired) electrons. The summed E-state index contributed by atoms with van der Waals surface area (Å²) in [5, 5.41) is 3.52. The van der Waals surface area contributed by atoms with Crippen LogP contribution in [0.4, 0.5) is 8.78 Å². The van der Waals surface area contributed by atoms with Crippen molar-refractivity contribution in [2.45, 2.75) is 31.8 Å². The molecular weight excluding hydrogens is 344 g/mol. The Morgan fingerprint density at radius 2 is 2.08 bits per heavy atom. The highest BCUT2D eigenvalue weighted by Crippen LogP contribution is 2.33. The number of thiazole rings is 1. The molecule has 1 aromatic carbocycles. The van der Waals surface area contributed by atoms with Crippen molar-refractivity contribution in [3.8, 4) is 10.6 Å². The molecule has 3 fully saturated rings. The van der Waals surface area contributed by atoms with Crippen LogP contribution < -0.4 is 5.32 Å². The lowest BCUT2D eigenvalue weighted by molar-refractivity contribution is 0.0218. The third kappa shape index (κ3) is 3.06. The highest BCUT2D eigenvalue weighted by Gasteiger charge is 2.40. The fourth-order valence-electron chi connectivity index (χ4n) is 3.93. The average Bonchev–Trinajstić information content (AvgIpc) is 3.08. The number of fused-ring (bicyclic) bond motifs is 3. The number of carbonyl (C=O) groups is 1. The van der Waals surface area contributed by atoms with E-state index in [1.54, 1.807) is 0 Å². The summed E-state index contributed by atoms with van der Waals surface area (Å²) in [5.41, 5.74) is 0.210. The molecule has 0 aliphatic carbocycles. The Morgan fingerprint density at radius 1 is 1.32 bits per heavy atom. The number of hydrogen-bond donors (Lipinski definition) is 1. The van der Waals surface area contributed by atoms with Crippen LogP contribution in [0.1, 0.15) is 29.4 Å². The second-order valence-electron chi connectivity index (χ2n) is 6.77. The maximum absolute atomic E-state index is 13.9. The lowest BCUT2D eigenvalue weighted by Crippen LogP contribution is -2.62. The van der Waals surface area contributed by atoms with Gasteiger partial charge in [0.25, 0.3) is 5.91 Å². The summed E-state index contributed by atoms with van der Waals surface area (Å²) in [6.45, 7) is 4.36. The van der Waals surface area contributed by atoms with Crippen LogP contribution in [0, 0.1) is 17.6 Å². The summed E-state index contributed by atoms with van der Waals surface area (Å²) < 4.78 is 26.9. The van der Waals surface area contributed by atoms with Crippen molar-refractivity contribution in [2.75, 3.05) is 13.1 Å². The Bertz CT molecular complexity index is 799. The normalized spacial score (nSPS) is 28.1. The quantitative estimate of drug-likeness (QED) is 0.910. The monoisotopic (exact) mass is 363 g/mol. The first-order valence-electron chi connectivity index (χ1n) is 8.49. The molecule has 7 heteroatoms. The molecule has 3 aliphatic rings. The van der Waals surface area contributed by atoms with Gasteiger partial charge in [-0.2, -0.15) is 0 Å². The molecular formula is C18H19F2N3OS. The predicted molar refractivity (Wildman–Crippen MR) is 92.5 cm³/mol. The van der Waals surface area contributed by atoms with Gasteiger partial charge in [0.05, 0.1) is 6.20 Å². The van der Waals surface area contributed by atoms with E-state index >= 15 is 0 Å². The molecule has 3 saturated heterocycles. The molecule has 1 N–H and O–H groups in total. The molecule has 1 amide bonds. The van der Waals surface area contributed by atoms with E-state index in [-0.39, 0.29) is 17.5 Å². The van der Waals surface area contributed by atoms with Crippen molar-refractivity contribution < 1.29 is 13.6 Å². The maximum atomic E-state index is 13.9. The minimum atomic E-state index is -0.674. The highest BCUT2D eigenvalue weighted by atomic mass is 32.1. The molecule has 2 atom stereocenters. The number of aromatic nitrogens is 1. The Hall–Kier alpha value is -1.86. The van der Waals surface area contributed by atoms with E-state index in [9.17, 15) is 13.6 Å². The zero-order chi connectivity index (χ0) is 17.6. The zero-order valence-electron chi connectivity index (χ0n) is 13.8. The first kappa shape index (κ1) is 16.6. The summed E-state index contributed by atoms with van der Waals surface area (Å²) >= 11 is 1.12. The van der Waals surface area contributed by atoms with E-state index in [0.29, 0.717) is 21.8 Å². The molecule has 2 unspecified atom stereocenters. The standard InChI is InChI=1S/C18H19F2N3OS/c1-10-16(11-4-6-23(10)7-5-11)22-17(24)15-9-21-18(25-15)13-3-2-12(19)8-14(13)20/h2-3,8-11,16H,4-7H2,1H3,(H,22,24). The van der Waals surface area contributed by atoms with Crippen molar-refractivity contribution in [1.29, 1.82) is 0 Å². The van der Waals surface area contributed by atoms with Gasteiger partial charge in [0.2, 0.25) is 0 Å². The second-order valence-corrected chi connectivity index (χ2v) is 7.80. The van der Waals surface area contributed by atoms with Crippen LogP contribution in [-0.4, -0.2) is 41.0 Å². The molecule has 1 aromatic heterocycles. The maximum Gasteiger partial charge on any atom is 0.263 e. The summed E-state index contributed by atoms with van der Waals surface area (Å²) in [6.07, 6.45) is 3.69. The molecule has 0 saturated carbocycles. The van der Waals surface area contributed by atoms with E-state index in [2.05, 4.69) is 22.1 Å². The van der Waals surface area contributed by atoms with Gasteiger partial charge < -0.3 is 5.32 Å². The van der Waals surface area contributed by atoms with Gasteiger partial charge >= 0.3 is 0 Å². The smallest absolute Gasteiger partial charge is 0.263 e. The van der Waals surface area contributed by atoms with Crippen LogP contribution in [0.25, 0.3) is 10.6 Å². The van der Waals surface area contributed by atoms with Crippen molar-refractivity contribution in [1.82, 2.24) is 15.2 Å². The van der Waals surface area contributed by atoms with Crippen LogP contribution in [0.15, 0.2) is 24.4 Å². The van der Waals surface area contributed by atoms with Crippen molar-refractivity contribution in [3.63, 3.8) is 0 Å². The number of nitrogens with one attached hydrogen (secondary N) is 1. The Morgan fingerprint density at radius 3 is 2.76 bits per heavy atom. The summed E-state index contributed by atoms with van der Waals surface area (Å²) in [7, 11) is 0. The van der Waals surface area contributed by atoms with Gasteiger partial charge in [-0.25, -0.2) is 13.8 Å². The van der Waals surface area contributed by atoms with Gasteiger partial charge in [0.15, 0.2) is 0 Å². The number of amides is 1. The fourth-order valence-corrected chi connectivity index (χ4v) is 4.78. The first-order valence-corrected chi connectivity index (χ1v) is 9.31. The predicted octanol–water partition coefficient (Wildman–Crippen LogP) is 3.30.